The molecule has 6 heteroatoms. The molecule has 2 fully saturated rings. The quantitative estimate of drug-likeness (QED) is 0.890. The number of nitrogens with one attached hydrogen (secondary N) is 1. The molecular formula is C15H16ClNO4. The molecule has 2 bridgehead atoms. The Bertz CT molecular complexity index is 559. The number of ether oxygens (including phenoxy) is 1. The fraction of sp³-hybridized carbons (Fsp3) is 0.467. The molecule has 112 valence electrons. The topological polar surface area (TPSA) is 75.6 Å². The molecule has 21 heavy (non-hydrogen) atoms. The first-order valence-corrected chi connectivity index (χ1v) is 7.34. The van der Waals surface area contributed by atoms with Crippen molar-refractivity contribution < 1.29 is 19.4 Å². The summed E-state index contributed by atoms with van der Waals surface area (Å²) >= 11 is 5.81. The molecule has 1 amide bonds. The van der Waals surface area contributed by atoms with Gasteiger partial charge in [0.25, 0.3) is 0 Å². The number of hydrogen-bond acceptors (Lipinski definition) is 3. The van der Waals surface area contributed by atoms with E-state index in [1.165, 1.54) is 0 Å². The Kier molecular flexibility index (Phi) is 3.87. The first-order valence-electron chi connectivity index (χ1n) is 6.96. The van der Waals surface area contributed by atoms with Crippen molar-refractivity contribution in [2.75, 3.05) is 0 Å². The van der Waals surface area contributed by atoms with Gasteiger partial charge in [-0.3, -0.25) is 9.59 Å². The van der Waals surface area contributed by atoms with Crippen molar-refractivity contribution in [1.29, 1.82) is 0 Å². The highest BCUT2D eigenvalue weighted by molar-refractivity contribution is 6.30. The van der Waals surface area contributed by atoms with Gasteiger partial charge in [0, 0.05) is 11.6 Å². The number of carboxylic acid groups (broad SMARTS) is 1. The predicted octanol–water partition coefficient (Wildman–Crippen LogP) is 1.83. The van der Waals surface area contributed by atoms with Crippen LogP contribution in [0.1, 0.15) is 18.4 Å². The molecule has 0 saturated carbocycles. The van der Waals surface area contributed by atoms with Crippen molar-refractivity contribution in [3.8, 4) is 0 Å². The van der Waals surface area contributed by atoms with Crippen LogP contribution in [-0.2, 0) is 20.9 Å². The summed E-state index contributed by atoms with van der Waals surface area (Å²) in [5, 5.41) is 12.7. The lowest BCUT2D eigenvalue weighted by Crippen LogP contribution is -2.43. The molecule has 5 nitrogen and oxygen atoms in total. The average Bonchev–Trinajstić information content (AvgIpc) is 3.06. The number of carbonyl (C=O) groups excluding carboxylic acids is 1. The van der Waals surface area contributed by atoms with Crippen LogP contribution >= 0.6 is 11.6 Å². The van der Waals surface area contributed by atoms with E-state index in [1.54, 1.807) is 12.1 Å². The molecule has 2 aliphatic rings. The van der Waals surface area contributed by atoms with Crippen LogP contribution in [-0.4, -0.2) is 29.2 Å². The number of carboxylic acids is 1. The van der Waals surface area contributed by atoms with Gasteiger partial charge in [-0.25, -0.2) is 0 Å². The Labute approximate surface area is 127 Å². The van der Waals surface area contributed by atoms with Crippen molar-refractivity contribution in [3.05, 3.63) is 34.9 Å². The summed E-state index contributed by atoms with van der Waals surface area (Å²) < 4.78 is 5.59. The van der Waals surface area contributed by atoms with E-state index in [0.717, 1.165) is 18.4 Å². The van der Waals surface area contributed by atoms with Gasteiger partial charge in [0.05, 0.1) is 24.0 Å². The molecule has 4 atom stereocenters. The minimum Gasteiger partial charge on any atom is -0.481 e. The van der Waals surface area contributed by atoms with E-state index in [0.29, 0.717) is 11.6 Å². The second-order valence-corrected chi connectivity index (χ2v) is 5.96. The fourth-order valence-corrected chi connectivity index (χ4v) is 3.36. The molecule has 2 aliphatic heterocycles. The Morgan fingerprint density at radius 3 is 2.43 bits per heavy atom. The number of rotatable bonds is 4. The smallest absolute Gasteiger partial charge is 0.310 e. The van der Waals surface area contributed by atoms with Crippen molar-refractivity contribution in [2.45, 2.75) is 31.6 Å². The Balaban J connectivity index is 1.64. The van der Waals surface area contributed by atoms with Crippen LogP contribution in [0.5, 0.6) is 0 Å². The highest BCUT2D eigenvalue weighted by Gasteiger charge is 2.55. The Morgan fingerprint density at radius 1 is 1.19 bits per heavy atom. The van der Waals surface area contributed by atoms with Crippen molar-refractivity contribution in [1.82, 2.24) is 5.32 Å². The minimum absolute atomic E-state index is 0.246. The van der Waals surface area contributed by atoms with E-state index in [2.05, 4.69) is 5.32 Å². The molecule has 1 aromatic rings. The number of benzene rings is 1. The van der Waals surface area contributed by atoms with Gasteiger partial charge in [-0.2, -0.15) is 0 Å². The van der Waals surface area contributed by atoms with Gasteiger partial charge in [-0.1, -0.05) is 23.7 Å². The van der Waals surface area contributed by atoms with E-state index in [9.17, 15) is 14.7 Å². The van der Waals surface area contributed by atoms with Crippen molar-refractivity contribution in [3.63, 3.8) is 0 Å². The van der Waals surface area contributed by atoms with Gasteiger partial charge in [-0.15, -0.1) is 0 Å². The van der Waals surface area contributed by atoms with Gasteiger partial charge in [0.1, 0.15) is 0 Å². The predicted molar refractivity (Wildman–Crippen MR) is 75.8 cm³/mol. The second kappa shape index (κ2) is 5.66. The summed E-state index contributed by atoms with van der Waals surface area (Å²) in [7, 11) is 0. The summed E-state index contributed by atoms with van der Waals surface area (Å²) in [6, 6.07) is 7.16. The largest absolute Gasteiger partial charge is 0.481 e. The molecule has 1 aromatic carbocycles. The van der Waals surface area contributed by atoms with Gasteiger partial charge >= 0.3 is 5.97 Å². The average molecular weight is 310 g/mol. The van der Waals surface area contributed by atoms with Crippen LogP contribution in [0.4, 0.5) is 0 Å². The summed E-state index contributed by atoms with van der Waals surface area (Å²) in [5.74, 6) is -2.51. The van der Waals surface area contributed by atoms with Crippen LogP contribution < -0.4 is 5.32 Å². The number of amides is 1. The lowest BCUT2D eigenvalue weighted by Gasteiger charge is -2.23. The third-order valence-corrected chi connectivity index (χ3v) is 4.49. The third kappa shape index (κ3) is 2.76. The van der Waals surface area contributed by atoms with Gasteiger partial charge in [0.2, 0.25) is 5.91 Å². The van der Waals surface area contributed by atoms with Crippen LogP contribution in [0.25, 0.3) is 0 Å². The Hall–Kier alpha value is -1.59. The SMILES string of the molecule is O=C(O)[C@@H]1[C@@H](C(=O)NCc2ccc(Cl)cc2)[C@H]2CC[C@@H]1O2. The zero-order valence-electron chi connectivity index (χ0n) is 11.3. The third-order valence-electron chi connectivity index (χ3n) is 4.24. The first-order chi connectivity index (χ1) is 10.1. The zero-order chi connectivity index (χ0) is 15.0. The molecule has 2 N–H and O–H groups in total. The molecule has 0 unspecified atom stereocenters. The maximum atomic E-state index is 12.3. The molecule has 2 saturated heterocycles. The number of carbonyl (C=O) groups is 2. The highest BCUT2D eigenvalue weighted by atomic mass is 35.5. The summed E-state index contributed by atoms with van der Waals surface area (Å²) in [6.07, 6.45) is 0.899. The molecule has 3 rings (SSSR count). The van der Waals surface area contributed by atoms with Crippen LogP contribution in [0.15, 0.2) is 24.3 Å². The van der Waals surface area contributed by atoms with Crippen molar-refractivity contribution in [2.24, 2.45) is 11.8 Å². The van der Waals surface area contributed by atoms with Gasteiger partial charge < -0.3 is 15.2 Å². The van der Waals surface area contributed by atoms with E-state index >= 15 is 0 Å². The standard InChI is InChI=1S/C15H16ClNO4/c16-9-3-1-8(2-4-9)7-17-14(18)12-10-5-6-11(21-10)13(12)15(19)20/h1-4,10-13H,5-7H2,(H,17,18)(H,19,20)/t10-,11+,12+,13+/m1/s1. The first kappa shape index (κ1) is 14.4. The molecule has 0 aromatic heterocycles. The van der Waals surface area contributed by atoms with Crippen LogP contribution in [0, 0.1) is 11.8 Å². The molecule has 0 spiro atoms. The summed E-state index contributed by atoms with van der Waals surface area (Å²) in [5.41, 5.74) is 0.920. The fourth-order valence-electron chi connectivity index (χ4n) is 3.23. The van der Waals surface area contributed by atoms with E-state index in [1.807, 2.05) is 12.1 Å². The van der Waals surface area contributed by atoms with Gasteiger partial charge in [-0.05, 0) is 30.5 Å². The highest BCUT2D eigenvalue weighted by Crippen LogP contribution is 2.43. The molecule has 0 radical (unpaired) electrons. The van der Waals surface area contributed by atoms with Gasteiger partial charge in [0.15, 0.2) is 0 Å². The minimum atomic E-state index is -0.950. The molecular weight excluding hydrogens is 294 g/mol. The van der Waals surface area contributed by atoms with Crippen LogP contribution in [0.2, 0.25) is 5.02 Å². The van der Waals surface area contributed by atoms with Crippen molar-refractivity contribution >= 4 is 23.5 Å². The second-order valence-electron chi connectivity index (χ2n) is 5.52. The zero-order valence-corrected chi connectivity index (χ0v) is 12.0. The summed E-state index contributed by atoms with van der Waals surface area (Å²) in [6.45, 7) is 0.357. The number of hydrogen-bond donors (Lipinski definition) is 2. The van der Waals surface area contributed by atoms with E-state index in [-0.39, 0.29) is 18.1 Å². The maximum Gasteiger partial charge on any atom is 0.310 e. The normalized spacial score (nSPS) is 30.3. The number of fused-ring (bicyclic) bond motifs is 2. The lowest BCUT2D eigenvalue weighted by molar-refractivity contribution is -0.147. The number of halogens is 1. The van der Waals surface area contributed by atoms with E-state index < -0.39 is 17.8 Å². The molecule has 0 aliphatic carbocycles. The Morgan fingerprint density at radius 2 is 1.81 bits per heavy atom. The number of aliphatic carboxylic acids is 1. The summed E-state index contributed by atoms with van der Waals surface area (Å²) in [4.78, 5) is 23.7. The molecule has 2 heterocycles. The monoisotopic (exact) mass is 309 g/mol. The lowest BCUT2D eigenvalue weighted by atomic mass is 9.78. The van der Waals surface area contributed by atoms with E-state index in [4.69, 9.17) is 16.3 Å². The maximum absolute atomic E-state index is 12.3. The van der Waals surface area contributed by atoms with Crippen LogP contribution in [0.3, 0.4) is 0 Å².